The van der Waals surface area contributed by atoms with E-state index >= 15 is 0 Å². The van der Waals surface area contributed by atoms with Gasteiger partial charge in [0.1, 0.15) is 5.54 Å². The van der Waals surface area contributed by atoms with E-state index in [0.29, 0.717) is 12.8 Å². The summed E-state index contributed by atoms with van der Waals surface area (Å²) in [7, 11) is 0. The molecule has 1 aliphatic rings. The Labute approximate surface area is 95.4 Å². The van der Waals surface area contributed by atoms with Crippen LogP contribution in [0.1, 0.15) is 40.0 Å². The number of hydrogen-bond donors (Lipinski definition) is 3. The Morgan fingerprint density at radius 1 is 1.44 bits per heavy atom. The molecule has 0 aromatic rings. The second-order valence-electron chi connectivity index (χ2n) is 5.61. The van der Waals surface area contributed by atoms with Crippen molar-refractivity contribution >= 4 is 11.9 Å². The van der Waals surface area contributed by atoms with Crippen molar-refractivity contribution in [3.8, 4) is 0 Å². The van der Waals surface area contributed by atoms with E-state index in [9.17, 15) is 9.59 Å². The third-order valence-electron chi connectivity index (χ3n) is 3.06. The van der Waals surface area contributed by atoms with Gasteiger partial charge in [-0.05, 0) is 18.3 Å². The molecule has 0 saturated heterocycles. The monoisotopic (exact) mass is 228 g/mol. The van der Waals surface area contributed by atoms with Crippen LogP contribution in [0, 0.1) is 5.41 Å². The van der Waals surface area contributed by atoms with Crippen molar-refractivity contribution in [1.82, 2.24) is 5.32 Å². The Hall–Kier alpha value is -1.10. The van der Waals surface area contributed by atoms with E-state index < -0.39 is 11.5 Å². The molecule has 0 aliphatic heterocycles. The molecule has 1 atom stereocenters. The fourth-order valence-corrected chi connectivity index (χ4v) is 1.34. The molecular formula is C11H20N2O3. The molecule has 0 aromatic heterocycles. The zero-order chi connectivity index (χ0) is 12.6. The highest BCUT2D eigenvalue weighted by Crippen LogP contribution is 2.35. The van der Waals surface area contributed by atoms with Crippen molar-refractivity contribution in [2.24, 2.45) is 11.1 Å². The van der Waals surface area contributed by atoms with Crippen molar-refractivity contribution in [1.29, 1.82) is 0 Å². The maximum atomic E-state index is 11.6. The quantitative estimate of drug-likeness (QED) is 0.652. The van der Waals surface area contributed by atoms with Gasteiger partial charge in [0.25, 0.3) is 0 Å². The molecule has 0 radical (unpaired) electrons. The number of aliphatic carboxylic acids is 1. The van der Waals surface area contributed by atoms with Gasteiger partial charge in [0.2, 0.25) is 5.91 Å². The first kappa shape index (κ1) is 13.0. The number of rotatable bonds is 4. The minimum atomic E-state index is -1.01. The Kier molecular flexibility index (Phi) is 3.28. The molecule has 92 valence electrons. The van der Waals surface area contributed by atoms with E-state index in [1.807, 2.05) is 20.8 Å². The summed E-state index contributed by atoms with van der Waals surface area (Å²) in [5, 5.41) is 11.5. The smallest absolute Gasteiger partial charge is 0.329 e. The fourth-order valence-electron chi connectivity index (χ4n) is 1.34. The van der Waals surface area contributed by atoms with Gasteiger partial charge in [-0.3, -0.25) is 4.79 Å². The number of carbonyl (C=O) groups excluding carboxylic acids is 1. The lowest BCUT2D eigenvalue weighted by molar-refractivity contribution is -0.143. The molecule has 0 aromatic carbocycles. The van der Waals surface area contributed by atoms with E-state index in [1.165, 1.54) is 0 Å². The van der Waals surface area contributed by atoms with E-state index in [4.69, 9.17) is 10.8 Å². The number of hydrogen-bond acceptors (Lipinski definition) is 3. The lowest BCUT2D eigenvalue weighted by Crippen LogP contribution is -2.47. The van der Waals surface area contributed by atoms with E-state index in [1.54, 1.807) is 0 Å². The zero-order valence-electron chi connectivity index (χ0n) is 10.0. The molecule has 1 fully saturated rings. The van der Waals surface area contributed by atoms with Crippen LogP contribution in [0.5, 0.6) is 0 Å². The topological polar surface area (TPSA) is 92.4 Å². The summed E-state index contributed by atoms with van der Waals surface area (Å²) >= 11 is 0. The number of carboxylic acid groups (broad SMARTS) is 1. The van der Waals surface area contributed by atoms with Gasteiger partial charge in [-0.25, -0.2) is 4.79 Å². The van der Waals surface area contributed by atoms with Crippen molar-refractivity contribution in [3.63, 3.8) is 0 Å². The molecular weight excluding hydrogens is 208 g/mol. The SMILES string of the molecule is CC(C)(C)C(N)CC(=O)NC1(C(=O)O)CC1. The molecule has 5 nitrogen and oxygen atoms in total. The summed E-state index contributed by atoms with van der Waals surface area (Å²) in [6, 6.07) is -0.267. The van der Waals surface area contributed by atoms with Crippen molar-refractivity contribution in [3.05, 3.63) is 0 Å². The van der Waals surface area contributed by atoms with Gasteiger partial charge in [0.15, 0.2) is 0 Å². The van der Waals surface area contributed by atoms with E-state index in [-0.39, 0.29) is 23.8 Å². The first-order valence-corrected chi connectivity index (χ1v) is 5.47. The van der Waals surface area contributed by atoms with Crippen molar-refractivity contribution in [2.75, 3.05) is 0 Å². The maximum absolute atomic E-state index is 11.6. The summed E-state index contributed by atoms with van der Waals surface area (Å²) in [5.41, 5.74) is 4.70. The highest BCUT2D eigenvalue weighted by atomic mass is 16.4. The van der Waals surface area contributed by atoms with Gasteiger partial charge in [-0.2, -0.15) is 0 Å². The molecule has 1 amide bonds. The number of nitrogens with two attached hydrogens (primary N) is 1. The Morgan fingerprint density at radius 3 is 2.25 bits per heavy atom. The second-order valence-corrected chi connectivity index (χ2v) is 5.61. The lowest BCUT2D eigenvalue weighted by atomic mass is 9.85. The molecule has 0 heterocycles. The molecule has 5 heteroatoms. The molecule has 1 saturated carbocycles. The average molecular weight is 228 g/mol. The van der Waals surface area contributed by atoms with Gasteiger partial charge in [0, 0.05) is 12.5 Å². The minimum Gasteiger partial charge on any atom is -0.480 e. The lowest BCUT2D eigenvalue weighted by Gasteiger charge is -2.27. The molecule has 16 heavy (non-hydrogen) atoms. The molecule has 0 spiro atoms. The molecule has 1 unspecified atom stereocenters. The van der Waals surface area contributed by atoms with Gasteiger partial charge in [-0.1, -0.05) is 20.8 Å². The normalized spacial score (nSPS) is 20.0. The number of carbonyl (C=O) groups is 2. The summed E-state index contributed by atoms with van der Waals surface area (Å²) in [5.74, 6) is -1.23. The fraction of sp³-hybridized carbons (Fsp3) is 0.818. The Balaban J connectivity index is 2.46. The van der Waals surface area contributed by atoms with Gasteiger partial charge in [0.05, 0.1) is 0 Å². The van der Waals surface area contributed by atoms with Crippen LogP contribution in [-0.2, 0) is 9.59 Å². The number of amides is 1. The first-order chi connectivity index (χ1) is 7.17. The predicted octanol–water partition coefficient (Wildman–Crippen LogP) is 0.483. The third kappa shape index (κ3) is 2.95. The van der Waals surface area contributed by atoms with Crippen LogP contribution in [0.25, 0.3) is 0 Å². The molecule has 1 aliphatic carbocycles. The van der Waals surface area contributed by atoms with Crippen LogP contribution in [0.2, 0.25) is 0 Å². The first-order valence-electron chi connectivity index (χ1n) is 5.47. The van der Waals surface area contributed by atoms with Crippen LogP contribution in [-0.4, -0.2) is 28.6 Å². The van der Waals surface area contributed by atoms with Gasteiger partial charge in [-0.15, -0.1) is 0 Å². The highest BCUT2D eigenvalue weighted by molar-refractivity contribution is 5.89. The van der Waals surface area contributed by atoms with E-state index in [0.717, 1.165) is 0 Å². The van der Waals surface area contributed by atoms with Crippen LogP contribution >= 0.6 is 0 Å². The summed E-state index contributed by atoms with van der Waals surface area (Å²) in [6.07, 6.45) is 1.19. The minimum absolute atomic E-state index is 0.155. The van der Waals surface area contributed by atoms with Crippen LogP contribution in [0.3, 0.4) is 0 Å². The number of carboxylic acids is 1. The standard InChI is InChI=1S/C11H20N2O3/c1-10(2,3)7(12)6-8(14)13-11(4-5-11)9(15)16/h7H,4-6,12H2,1-3H3,(H,13,14)(H,15,16). The molecule has 4 N–H and O–H groups in total. The van der Waals surface area contributed by atoms with Gasteiger partial charge < -0.3 is 16.2 Å². The van der Waals surface area contributed by atoms with E-state index in [2.05, 4.69) is 5.32 Å². The summed E-state index contributed by atoms with van der Waals surface area (Å²) < 4.78 is 0. The maximum Gasteiger partial charge on any atom is 0.329 e. The van der Waals surface area contributed by atoms with Crippen LogP contribution in [0.4, 0.5) is 0 Å². The third-order valence-corrected chi connectivity index (χ3v) is 3.06. The predicted molar refractivity (Wildman–Crippen MR) is 59.8 cm³/mol. The summed E-state index contributed by atoms with van der Waals surface area (Å²) in [6.45, 7) is 5.86. The Bertz CT molecular complexity index is 303. The summed E-state index contributed by atoms with van der Waals surface area (Å²) in [4.78, 5) is 22.5. The Morgan fingerprint density at radius 2 is 1.94 bits per heavy atom. The largest absolute Gasteiger partial charge is 0.480 e. The van der Waals surface area contributed by atoms with Crippen LogP contribution < -0.4 is 11.1 Å². The second kappa shape index (κ2) is 4.05. The number of nitrogens with one attached hydrogen (secondary N) is 1. The van der Waals surface area contributed by atoms with Crippen LogP contribution in [0.15, 0.2) is 0 Å². The highest BCUT2D eigenvalue weighted by Gasteiger charge is 2.51. The molecule has 1 rings (SSSR count). The van der Waals surface area contributed by atoms with Gasteiger partial charge >= 0.3 is 5.97 Å². The zero-order valence-corrected chi connectivity index (χ0v) is 10.0. The van der Waals surface area contributed by atoms with Crippen molar-refractivity contribution < 1.29 is 14.7 Å². The average Bonchev–Trinajstić information content (AvgIpc) is 2.83. The molecule has 0 bridgehead atoms. The van der Waals surface area contributed by atoms with Crippen molar-refractivity contribution in [2.45, 2.75) is 51.6 Å².